The van der Waals surface area contributed by atoms with Crippen LogP contribution >= 0.6 is 22.7 Å². The van der Waals surface area contributed by atoms with E-state index in [9.17, 15) is 9.18 Å². The van der Waals surface area contributed by atoms with Crippen molar-refractivity contribution in [1.82, 2.24) is 9.88 Å². The molecule has 0 saturated heterocycles. The van der Waals surface area contributed by atoms with E-state index in [1.54, 1.807) is 17.0 Å². The SMILES string of the molecule is CN(C)CCN(C(=O)c1cccs1)c1nc2c(F)cccc2s1. The minimum absolute atomic E-state index is 0.0960. The van der Waals surface area contributed by atoms with E-state index in [0.717, 1.165) is 4.70 Å². The number of carbonyl (C=O) groups is 1. The maximum Gasteiger partial charge on any atom is 0.270 e. The Labute approximate surface area is 141 Å². The van der Waals surface area contributed by atoms with Crippen molar-refractivity contribution in [3.63, 3.8) is 0 Å². The highest BCUT2D eigenvalue weighted by atomic mass is 32.1. The summed E-state index contributed by atoms with van der Waals surface area (Å²) in [6.07, 6.45) is 0. The highest BCUT2D eigenvalue weighted by molar-refractivity contribution is 7.22. The first-order valence-electron chi connectivity index (χ1n) is 7.11. The molecule has 4 nitrogen and oxygen atoms in total. The van der Waals surface area contributed by atoms with Gasteiger partial charge in [0.05, 0.1) is 9.58 Å². The van der Waals surface area contributed by atoms with Crippen LogP contribution in [-0.2, 0) is 0 Å². The monoisotopic (exact) mass is 349 g/mol. The summed E-state index contributed by atoms with van der Waals surface area (Å²) in [4.78, 5) is 21.4. The second-order valence-corrected chi connectivity index (χ2v) is 7.28. The van der Waals surface area contributed by atoms with Crippen LogP contribution in [0.1, 0.15) is 9.67 Å². The molecule has 0 aliphatic rings. The molecule has 0 aliphatic carbocycles. The van der Waals surface area contributed by atoms with Crippen molar-refractivity contribution in [2.45, 2.75) is 0 Å². The first-order chi connectivity index (χ1) is 11.1. The fraction of sp³-hybridized carbons (Fsp3) is 0.250. The molecule has 3 aromatic rings. The Morgan fingerprint density at radius 3 is 2.70 bits per heavy atom. The summed E-state index contributed by atoms with van der Waals surface area (Å²) in [5.74, 6) is -0.456. The van der Waals surface area contributed by atoms with Gasteiger partial charge in [-0.1, -0.05) is 23.5 Å². The van der Waals surface area contributed by atoms with E-state index in [4.69, 9.17) is 0 Å². The van der Waals surface area contributed by atoms with E-state index in [2.05, 4.69) is 4.98 Å². The molecule has 0 bridgehead atoms. The van der Waals surface area contributed by atoms with E-state index >= 15 is 0 Å². The Kier molecular flexibility index (Phi) is 4.70. The summed E-state index contributed by atoms with van der Waals surface area (Å²) in [6, 6.07) is 8.50. The van der Waals surface area contributed by atoms with Crippen molar-refractivity contribution < 1.29 is 9.18 Å². The number of anilines is 1. The largest absolute Gasteiger partial charge is 0.308 e. The molecule has 120 valence electrons. The lowest BCUT2D eigenvalue weighted by molar-refractivity contribution is 0.0989. The number of halogens is 1. The maximum absolute atomic E-state index is 13.9. The predicted molar refractivity (Wildman–Crippen MR) is 94.1 cm³/mol. The van der Waals surface area contributed by atoms with Gasteiger partial charge in [0.1, 0.15) is 11.3 Å². The van der Waals surface area contributed by atoms with Crippen molar-refractivity contribution in [3.8, 4) is 0 Å². The molecule has 0 fully saturated rings. The first kappa shape index (κ1) is 16.0. The number of fused-ring (bicyclic) bond motifs is 1. The Balaban J connectivity index is 1.98. The Morgan fingerprint density at radius 2 is 2.04 bits per heavy atom. The van der Waals surface area contributed by atoms with E-state index in [1.165, 1.54) is 28.7 Å². The normalized spacial score (nSPS) is 11.3. The smallest absolute Gasteiger partial charge is 0.270 e. The van der Waals surface area contributed by atoms with Crippen molar-refractivity contribution in [1.29, 1.82) is 0 Å². The molecule has 0 saturated carbocycles. The van der Waals surface area contributed by atoms with Gasteiger partial charge < -0.3 is 4.90 Å². The fourth-order valence-corrected chi connectivity index (χ4v) is 3.81. The number of thiazole rings is 1. The third-order valence-corrected chi connectivity index (χ3v) is 5.24. The van der Waals surface area contributed by atoms with Crippen molar-refractivity contribution >= 4 is 43.9 Å². The van der Waals surface area contributed by atoms with E-state index in [-0.39, 0.29) is 11.7 Å². The summed E-state index contributed by atoms with van der Waals surface area (Å²) >= 11 is 2.73. The van der Waals surface area contributed by atoms with Gasteiger partial charge in [-0.25, -0.2) is 9.37 Å². The van der Waals surface area contributed by atoms with Crippen LogP contribution in [0.3, 0.4) is 0 Å². The van der Waals surface area contributed by atoms with Gasteiger partial charge in [0, 0.05) is 13.1 Å². The molecule has 0 aliphatic heterocycles. The second-order valence-electron chi connectivity index (χ2n) is 5.32. The van der Waals surface area contributed by atoms with Gasteiger partial charge >= 0.3 is 0 Å². The zero-order valence-electron chi connectivity index (χ0n) is 12.8. The highest BCUT2D eigenvalue weighted by Gasteiger charge is 2.22. The number of thiophene rings is 1. The molecule has 23 heavy (non-hydrogen) atoms. The number of aromatic nitrogens is 1. The molecule has 0 unspecified atom stereocenters. The fourth-order valence-electron chi connectivity index (χ4n) is 2.14. The average Bonchev–Trinajstić information content (AvgIpc) is 3.16. The van der Waals surface area contributed by atoms with Crippen LogP contribution < -0.4 is 4.90 Å². The summed E-state index contributed by atoms with van der Waals surface area (Å²) in [7, 11) is 3.90. The number of nitrogens with zero attached hydrogens (tertiary/aromatic N) is 3. The lowest BCUT2D eigenvalue weighted by Crippen LogP contribution is -2.36. The average molecular weight is 349 g/mol. The van der Waals surface area contributed by atoms with Crippen LogP contribution in [-0.4, -0.2) is 43.0 Å². The van der Waals surface area contributed by atoms with Gasteiger partial charge in [0.25, 0.3) is 5.91 Å². The molecule has 1 amide bonds. The summed E-state index contributed by atoms with van der Waals surface area (Å²) in [6.45, 7) is 1.21. The van der Waals surface area contributed by atoms with Gasteiger partial charge in [-0.05, 0) is 37.7 Å². The van der Waals surface area contributed by atoms with Gasteiger partial charge in [-0.15, -0.1) is 11.3 Å². The van der Waals surface area contributed by atoms with E-state index in [1.807, 2.05) is 36.5 Å². The number of para-hydroxylation sites is 1. The number of amides is 1. The van der Waals surface area contributed by atoms with Crippen molar-refractivity contribution in [2.24, 2.45) is 0 Å². The molecule has 0 N–H and O–H groups in total. The molecule has 0 spiro atoms. The first-order valence-corrected chi connectivity index (χ1v) is 8.81. The highest BCUT2D eigenvalue weighted by Crippen LogP contribution is 2.31. The number of carbonyl (C=O) groups excluding carboxylic acids is 1. The Bertz CT molecular complexity index is 814. The molecular formula is C16H16FN3OS2. The third kappa shape index (κ3) is 3.41. The van der Waals surface area contributed by atoms with Crippen molar-refractivity contribution in [2.75, 3.05) is 32.1 Å². The number of likely N-dealkylation sites (N-methyl/N-ethyl adjacent to an activating group) is 1. The Hall–Kier alpha value is -1.83. The molecule has 3 rings (SSSR count). The zero-order valence-corrected chi connectivity index (χ0v) is 14.5. The second kappa shape index (κ2) is 6.74. The molecule has 2 aromatic heterocycles. The van der Waals surface area contributed by atoms with Crippen LogP contribution in [0.2, 0.25) is 0 Å². The van der Waals surface area contributed by atoms with Crippen molar-refractivity contribution in [3.05, 3.63) is 46.4 Å². The van der Waals surface area contributed by atoms with Crippen LogP contribution in [0.15, 0.2) is 35.7 Å². The van der Waals surface area contributed by atoms with Gasteiger partial charge in [0.2, 0.25) is 0 Å². The molecule has 7 heteroatoms. The number of hydrogen-bond donors (Lipinski definition) is 0. The molecule has 1 aromatic carbocycles. The van der Waals surface area contributed by atoms with Gasteiger partial charge in [0.15, 0.2) is 5.13 Å². The zero-order chi connectivity index (χ0) is 16.4. The van der Waals surface area contributed by atoms with Gasteiger partial charge in [-0.2, -0.15) is 0 Å². The minimum Gasteiger partial charge on any atom is -0.308 e. The Morgan fingerprint density at radius 1 is 1.22 bits per heavy atom. The van der Waals surface area contributed by atoms with E-state index in [0.29, 0.717) is 28.6 Å². The van der Waals surface area contributed by atoms with Crippen LogP contribution in [0.4, 0.5) is 9.52 Å². The number of hydrogen-bond acceptors (Lipinski definition) is 5. The molecule has 0 atom stereocenters. The number of rotatable bonds is 5. The van der Waals surface area contributed by atoms with Crippen LogP contribution in [0.5, 0.6) is 0 Å². The summed E-state index contributed by atoms with van der Waals surface area (Å²) in [5.41, 5.74) is 0.321. The molecule has 2 heterocycles. The molecular weight excluding hydrogens is 333 g/mol. The predicted octanol–water partition coefficient (Wildman–Crippen LogP) is 3.71. The van der Waals surface area contributed by atoms with Gasteiger partial charge in [-0.3, -0.25) is 9.69 Å². The lowest BCUT2D eigenvalue weighted by atomic mass is 10.3. The minimum atomic E-state index is -0.360. The number of benzene rings is 1. The third-order valence-electron chi connectivity index (χ3n) is 3.34. The summed E-state index contributed by atoms with van der Waals surface area (Å²) in [5, 5.41) is 2.40. The maximum atomic E-state index is 13.9. The standard InChI is InChI=1S/C16H16FN3OS2/c1-19(2)8-9-20(15(21)13-7-4-10-22-13)16-18-14-11(17)5-3-6-12(14)23-16/h3-7,10H,8-9H2,1-2H3. The summed E-state index contributed by atoms with van der Waals surface area (Å²) < 4.78 is 14.6. The quantitative estimate of drug-likeness (QED) is 0.705. The van der Waals surface area contributed by atoms with E-state index < -0.39 is 0 Å². The topological polar surface area (TPSA) is 36.4 Å². The van der Waals surface area contributed by atoms with Crippen LogP contribution in [0.25, 0.3) is 10.2 Å². The lowest BCUT2D eigenvalue weighted by Gasteiger charge is -2.21. The molecule has 0 radical (unpaired) electrons. The van der Waals surface area contributed by atoms with Crippen LogP contribution in [0, 0.1) is 5.82 Å².